The summed E-state index contributed by atoms with van der Waals surface area (Å²) in [4.78, 5) is 22.7. The molecule has 0 aliphatic rings. The maximum Gasteiger partial charge on any atom is 0.227 e. The van der Waals surface area contributed by atoms with Crippen LogP contribution >= 0.6 is 11.6 Å². The Bertz CT molecular complexity index is 1370. The van der Waals surface area contributed by atoms with Crippen LogP contribution in [0.25, 0.3) is 28.0 Å². The van der Waals surface area contributed by atoms with Gasteiger partial charge in [0, 0.05) is 29.4 Å². The first kappa shape index (κ1) is 21.0. The summed E-state index contributed by atoms with van der Waals surface area (Å²) in [5, 5.41) is 5.45. The molecule has 0 spiro atoms. The number of halogens is 1. The second-order valence-corrected chi connectivity index (χ2v) is 8.35. The molecule has 7 heteroatoms. The van der Waals surface area contributed by atoms with Crippen LogP contribution in [0, 0.1) is 0 Å². The van der Waals surface area contributed by atoms with E-state index in [4.69, 9.17) is 16.7 Å². The second-order valence-electron chi connectivity index (χ2n) is 7.92. The number of fused-ring (bicyclic) bond motifs is 1. The van der Waals surface area contributed by atoms with Gasteiger partial charge >= 0.3 is 0 Å². The van der Waals surface area contributed by atoms with Gasteiger partial charge in [0.05, 0.1) is 35.4 Å². The zero-order valence-corrected chi connectivity index (χ0v) is 18.8. The highest BCUT2D eigenvalue weighted by Gasteiger charge is 2.19. The molecule has 0 saturated carbocycles. The molecule has 0 aliphatic carbocycles. The molecule has 1 N–H and O–H groups in total. The molecule has 0 saturated heterocycles. The van der Waals surface area contributed by atoms with Crippen LogP contribution in [0.2, 0.25) is 5.02 Å². The summed E-state index contributed by atoms with van der Waals surface area (Å²) in [6.07, 6.45) is 2.15. The highest BCUT2D eigenvalue weighted by Crippen LogP contribution is 2.26. The monoisotopic (exact) mass is 455 g/mol. The summed E-state index contributed by atoms with van der Waals surface area (Å²) in [5.74, 6) is 0.739. The molecule has 2 heterocycles. The molecule has 3 aromatic carbocycles. The summed E-state index contributed by atoms with van der Waals surface area (Å²) in [5.41, 5.74) is 5.31. The number of H-pyrrole nitrogens is 1. The molecule has 33 heavy (non-hydrogen) atoms. The van der Waals surface area contributed by atoms with Crippen LogP contribution in [0.3, 0.4) is 0 Å². The normalized spacial score (nSPS) is 11.1. The minimum atomic E-state index is -0.0155. The van der Waals surface area contributed by atoms with Crippen molar-refractivity contribution in [2.45, 2.75) is 13.0 Å². The molecule has 0 aliphatic heterocycles. The minimum absolute atomic E-state index is 0.0155. The van der Waals surface area contributed by atoms with Crippen LogP contribution in [-0.2, 0) is 17.8 Å². The molecule has 0 unspecified atom stereocenters. The van der Waals surface area contributed by atoms with Crippen LogP contribution < -0.4 is 0 Å². The van der Waals surface area contributed by atoms with E-state index in [1.54, 1.807) is 11.9 Å². The number of imidazole rings is 1. The van der Waals surface area contributed by atoms with Gasteiger partial charge in [-0.2, -0.15) is 5.10 Å². The Balaban J connectivity index is 1.41. The lowest BCUT2D eigenvalue weighted by molar-refractivity contribution is -0.129. The van der Waals surface area contributed by atoms with Crippen molar-refractivity contribution in [1.82, 2.24) is 24.6 Å². The third kappa shape index (κ3) is 4.52. The fourth-order valence-electron chi connectivity index (χ4n) is 3.79. The van der Waals surface area contributed by atoms with Gasteiger partial charge in [-0.1, -0.05) is 54.1 Å². The third-order valence-corrected chi connectivity index (χ3v) is 5.77. The largest absolute Gasteiger partial charge is 0.340 e. The van der Waals surface area contributed by atoms with E-state index in [2.05, 4.69) is 9.97 Å². The van der Waals surface area contributed by atoms with E-state index < -0.39 is 0 Å². The highest BCUT2D eigenvalue weighted by atomic mass is 35.5. The van der Waals surface area contributed by atoms with Crippen molar-refractivity contribution < 1.29 is 4.79 Å². The number of aromatic amines is 1. The third-order valence-electron chi connectivity index (χ3n) is 5.52. The highest BCUT2D eigenvalue weighted by molar-refractivity contribution is 6.30. The number of benzene rings is 3. The predicted octanol–water partition coefficient (Wildman–Crippen LogP) is 5.27. The number of para-hydroxylation sites is 3. The number of nitrogens with zero attached hydrogens (tertiary/aromatic N) is 4. The van der Waals surface area contributed by atoms with Crippen molar-refractivity contribution in [3.05, 3.63) is 101 Å². The van der Waals surface area contributed by atoms with Crippen LogP contribution in [0.15, 0.2) is 85.1 Å². The van der Waals surface area contributed by atoms with Crippen molar-refractivity contribution in [3.63, 3.8) is 0 Å². The van der Waals surface area contributed by atoms with Crippen LogP contribution in [0.1, 0.15) is 11.4 Å². The number of hydrogen-bond donors (Lipinski definition) is 1. The Morgan fingerprint density at radius 3 is 2.48 bits per heavy atom. The number of amides is 1. The number of likely N-dealkylation sites (N-methyl/N-ethyl adjacent to an activating group) is 1. The Morgan fingerprint density at radius 1 is 1.00 bits per heavy atom. The number of aromatic nitrogens is 4. The molecule has 2 aromatic heterocycles. The molecule has 164 valence electrons. The van der Waals surface area contributed by atoms with E-state index in [0.717, 1.165) is 39.4 Å². The Labute approximate surface area is 196 Å². The summed E-state index contributed by atoms with van der Waals surface area (Å²) >= 11 is 6.08. The van der Waals surface area contributed by atoms with Gasteiger partial charge in [-0.05, 0) is 36.4 Å². The SMILES string of the molecule is CN(Cc1nc2ccccc2[nH]1)C(=O)Cc1cn(-c2ccccc2)nc1-c1ccc(Cl)cc1. The Kier molecular flexibility index (Phi) is 5.67. The lowest BCUT2D eigenvalue weighted by atomic mass is 10.1. The second kappa shape index (κ2) is 8.92. The molecule has 1 amide bonds. The average molecular weight is 456 g/mol. The van der Waals surface area contributed by atoms with Gasteiger partial charge in [-0.3, -0.25) is 4.79 Å². The van der Waals surface area contributed by atoms with Crippen LogP contribution in [0.4, 0.5) is 0 Å². The van der Waals surface area contributed by atoms with Crippen LogP contribution in [0.5, 0.6) is 0 Å². The zero-order valence-electron chi connectivity index (χ0n) is 18.1. The van der Waals surface area contributed by atoms with Crippen molar-refractivity contribution in [1.29, 1.82) is 0 Å². The molecular weight excluding hydrogens is 434 g/mol. The molecule has 6 nitrogen and oxygen atoms in total. The molecule has 0 bridgehead atoms. The first-order valence-electron chi connectivity index (χ1n) is 10.6. The summed E-state index contributed by atoms with van der Waals surface area (Å²) in [6.45, 7) is 0.399. The maximum absolute atomic E-state index is 13.1. The van der Waals surface area contributed by atoms with E-state index in [0.29, 0.717) is 11.6 Å². The first-order chi connectivity index (χ1) is 16.1. The van der Waals surface area contributed by atoms with Crippen LogP contribution in [-0.4, -0.2) is 37.6 Å². The number of carbonyl (C=O) groups is 1. The average Bonchev–Trinajstić information content (AvgIpc) is 3.44. The molecule has 0 fully saturated rings. The standard InChI is InChI=1S/C26H22ClN5O/c1-31(17-24-28-22-9-5-6-10-23(22)29-24)25(33)15-19-16-32(21-7-3-2-4-8-21)30-26(19)18-11-13-20(27)14-12-18/h2-14,16H,15,17H2,1H3,(H,28,29). The van der Waals surface area contributed by atoms with Crippen molar-refractivity contribution >= 4 is 28.5 Å². The fourth-order valence-corrected chi connectivity index (χ4v) is 3.92. The maximum atomic E-state index is 13.1. The summed E-state index contributed by atoms with van der Waals surface area (Å²) in [6, 6.07) is 25.2. The van der Waals surface area contributed by atoms with Gasteiger partial charge in [0.15, 0.2) is 0 Å². The van der Waals surface area contributed by atoms with Crippen molar-refractivity contribution in [2.24, 2.45) is 0 Å². The summed E-state index contributed by atoms with van der Waals surface area (Å²) in [7, 11) is 1.79. The van der Waals surface area contributed by atoms with Gasteiger partial charge in [0.2, 0.25) is 5.91 Å². The molecule has 5 aromatic rings. The number of carbonyl (C=O) groups excluding carboxylic acids is 1. The smallest absolute Gasteiger partial charge is 0.227 e. The fraction of sp³-hybridized carbons (Fsp3) is 0.115. The van der Waals surface area contributed by atoms with Crippen molar-refractivity contribution in [3.8, 4) is 16.9 Å². The van der Waals surface area contributed by atoms with Gasteiger partial charge in [-0.15, -0.1) is 0 Å². The van der Waals surface area contributed by atoms with Gasteiger partial charge < -0.3 is 9.88 Å². The molecule has 0 radical (unpaired) electrons. The minimum Gasteiger partial charge on any atom is -0.340 e. The summed E-state index contributed by atoms with van der Waals surface area (Å²) < 4.78 is 1.81. The van der Waals surface area contributed by atoms with E-state index in [9.17, 15) is 4.79 Å². The lowest BCUT2D eigenvalue weighted by Gasteiger charge is -2.15. The number of nitrogens with one attached hydrogen (secondary N) is 1. The van der Waals surface area contributed by atoms with Gasteiger partial charge in [-0.25, -0.2) is 9.67 Å². The lowest BCUT2D eigenvalue weighted by Crippen LogP contribution is -2.28. The first-order valence-corrected chi connectivity index (χ1v) is 11.0. The van der Waals surface area contributed by atoms with E-state index >= 15 is 0 Å². The Morgan fingerprint density at radius 2 is 1.73 bits per heavy atom. The quantitative estimate of drug-likeness (QED) is 0.379. The van der Waals surface area contributed by atoms with E-state index in [1.807, 2.05) is 89.7 Å². The van der Waals surface area contributed by atoms with Gasteiger partial charge in [0.25, 0.3) is 0 Å². The number of hydrogen-bond acceptors (Lipinski definition) is 3. The topological polar surface area (TPSA) is 66.8 Å². The molecular formula is C26H22ClN5O. The predicted molar refractivity (Wildman–Crippen MR) is 130 cm³/mol. The number of rotatable bonds is 6. The van der Waals surface area contributed by atoms with Crippen molar-refractivity contribution in [2.75, 3.05) is 7.05 Å². The molecule has 5 rings (SSSR count). The zero-order chi connectivity index (χ0) is 22.8. The van der Waals surface area contributed by atoms with Gasteiger partial charge in [0.1, 0.15) is 5.82 Å². The van der Waals surface area contributed by atoms with E-state index in [1.165, 1.54) is 0 Å². The Hall–Kier alpha value is -3.90. The van der Waals surface area contributed by atoms with E-state index in [-0.39, 0.29) is 12.3 Å². The molecule has 0 atom stereocenters.